The molecule has 78 valence electrons. The summed E-state index contributed by atoms with van der Waals surface area (Å²) in [6.45, 7) is 6.59. The van der Waals surface area contributed by atoms with Gasteiger partial charge >= 0.3 is 0 Å². The number of halogens is 1. The van der Waals surface area contributed by atoms with Crippen LogP contribution in [0, 0.1) is 18.3 Å². The van der Waals surface area contributed by atoms with Crippen LogP contribution in [0.2, 0.25) is 4.34 Å². The summed E-state index contributed by atoms with van der Waals surface area (Å²) in [6, 6.07) is 2.31. The Labute approximate surface area is 94.3 Å². The van der Waals surface area contributed by atoms with Crippen LogP contribution in [-0.4, -0.2) is 0 Å². The van der Waals surface area contributed by atoms with E-state index in [2.05, 4.69) is 19.9 Å². The maximum Gasteiger partial charge on any atom is 0.0960 e. The summed E-state index contributed by atoms with van der Waals surface area (Å²) < 4.78 is 0.883. The minimum atomic E-state index is 0.182. The Balaban J connectivity index is 2.16. The van der Waals surface area contributed by atoms with E-state index >= 15 is 0 Å². The molecular formula is C11H16ClNS. The van der Waals surface area contributed by atoms with Crippen LogP contribution in [0.15, 0.2) is 6.07 Å². The summed E-state index contributed by atoms with van der Waals surface area (Å²) in [6.07, 6.45) is 1.24. The highest BCUT2D eigenvalue weighted by Gasteiger charge is 2.49. The molecule has 0 bridgehead atoms. The fourth-order valence-corrected chi connectivity index (χ4v) is 3.25. The molecule has 1 aliphatic carbocycles. The van der Waals surface area contributed by atoms with E-state index in [1.54, 1.807) is 11.3 Å². The molecule has 2 N–H and O–H groups in total. The van der Waals surface area contributed by atoms with Gasteiger partial charge in [0.2, 0.25) is 0 Å². The fraction of sp³-hybridized carbons (Fsp3) is 0.636. The van der Waals surface area contributed by atoms with E-state index in [-0.39, 0.29) is 6.04 Å². The standard InChI is InChI=1S/C11H16ClNS/c1-6-4-8(14-10(6)12)9(13)7-5-11(7,2)3/h4,7,9H,5,13H2,1-3H3. The average Bonchev–Trinajstić information content (AvgIpc) is 2.59. The maximum absolute atomic E-state index is 6.21. The molecule has 1 aromatic heterocycles. The van der Waals surface area contributed by atoms with Crippen LogP contribution >= 0.6 is 22.9 Å². The zero-order valence-electron chi connectivity index (χ0n) is 8.80. The maximum atomic E-state index is 6.21. The van der Waals surface area contributed by atoms with E-state index in [1.807, 2.05) is 6.92 Å². The van der Waals surface area contributed by atoms with Gasteiger partial charge < -0.3 is 5.73 Å². The van der Waals surface area contributed by atoms with Crippen molar-refractivity contribution in [1.82, 2.24) is 0 Å². The van der Waals surface area contributed by atoms with Gasteiger partial charge in [0.25, 0.3) is 0 Å². The number of thiophene rings is 1. The Kier molecular flexibility index (Phi) is 2.41. The van der Waals surface area contributed by atoms with E-state index in [0.29, 0.717) is 11.3 Å². The lowest BCUT2D eigenvalue weighted by molar-refractivity contribution is 0.496. The molecule has 2 unspecified atom stereocenters. The van der Waals surface area contributed by atoms with Gasteiger partial charge in [-0.2, -0.15) is 0 Å². The van der Waals surface area contributed by atoms with Crippen LogP contribution < -0.4 is 5.73 Å². The number of hydrogen-bond donors (Lipinski definition) is 1. The topological polar surface area (TPSA) is 26.0 Å². The smallest absolute Gasteiger partial charge is 0.0960 e. The molecule has 0 saturated heterocycles. The third-order valence-electron chi connectivity index (χ3n) is 3.23. The predicted octanol–water partition coefficient (Wildman–Crippen LogP) is 3.76. The Morgan fingerprint density at radius 3 is 2.57 bits per heavy atom. The molecule has 0 aromatic carbocycles. The minimum absolute atomic E-state index is 0.182. The van der Waals surface area contributed by atoms with Crippen molar-refractivity contribution in [3.05, 3.63) is 20.8 Å². The SMILES string of the molecule is Cc1cc(C(N)C2CC2(C)C)sc1Cl. The summed E-state index contributed by atoms with van der Waals surface area (Å²) in [5.41, 5.74) is 7.80. The summed E-state index contributed by atoms with van der Waals surface area (Å²) in [5.74, 6) is 0.636. The summed E-state index contributed by atoms with van der Waals surface area (Å²) >= 11 is 7.66. The fourth-order valence-electron chi connectivity index (χ4n) is 1.97. The molecule has 2 atom stereocenters. The molecule has 1 aromatic rings. The summed E-state index contributed by atoms with van der Waals surface area (Å²) in [4.78, 5) is 1.24. The normalized spacial score (nSPS) is 26.2. The van der Waals surface area contributed by atoms with Crippen LogP contribution in [0.3, 0.4) is 0 Å². The molecule has 3 heteroatoms. The van der Waals surface area contributed by atoms with E-state index in [9.17, 15) is 0 Å². The Hall–Kier alpha value is -0.0500. The first-order chi connectivity index (χ1) is 6.42. The first kappa shape index (κ1) is 10.5. The number of nitrogens with two attached hydrogens (primary N) is 1. The lowest BCUT2D eigenvalue weighted by atomic mass is 10.0. The molecule has 1 saturated carbocycles. The number of hydrogen-bond acceptors (Lipinski definition) is 2. The van der Waals surface area contributed by atoms with Crippen LogP contribution in [0.1, 0.15) is 36.8 Å². The lowest BCUT2D eigenvalue weighted by Gasteiger charge is -2.10. The minimum Gasteiger partial charge on any atom is -0.323 e. The van der Waals surface area contributed by atoms with Gasteiger partial charge in [-0.05, 0) is 36.3 Å². The zero-order valence-corrected chi connectivity index (χ0v) is 10.4. The van der Waals surface area contributed by atoms with Crippen LogP contribution in [0.25, 0.3) is 0 Å². The van der Waals surface area contributed by atoms with Gasteiger partial charge in [0.15, 0.2) is 0 Å². The molecular weight excluding hydrogens is 214 g/mol. The molecule has 0 aliphatic heterocycles. The van der Waals surface area contributed by atoms with Crippen molar-refractivity contribution < 1.29 is 0 Å². The van der Waals surface area contributed by atoms with E-state index in [1.165, 1.54) is 11.3 Å². The monoisotopic (exact) mass is 229 g/mol. The van der Waals surface area contributed by atoms with Crippen molar-refractivity contribution in [2.24, 2.45) is 17.1 Å². The van der Waals surface area contributed by atoms with Crippen molar-refractivity contribution in [1.29, 1.82) is 0 Å². The van der Waals surface area contributed by atoms with Crippen LogP contribution in [0.4, 0.5) is 0 Å². The molecule has 1 heterocycles. The van der Waals surface area contributed by atoms with Gasteiger partial charge in [-0.25, -0.2) is 0 Å². The highest BCUT2D eigenvalue weighted by Crippen LogP contribution is 2.57. The zero-order chi connectivity index (χ0) is 10.5. The van der Waals surface area contributed by atoms with Crippen LogP contribution in [-0.2, 0) is 0 Å². The van der Waals surface area contributed by atoms with Crippen LogP contribution in [0.5, 0.6) is 0 Å². The van der Waals surface area contributed by atoms with Gasteiger partial charge in [0, 0.05) is 10.9 Å². The van der Waals surface area contributed by atoms with Gasteiger partial charge in [-0.1, -0.05) is 25.4 Å². The van der Waals surface area contributed by atoms with E-state index < -0.39 is 0 Å². The predicted molar refractivity (Wildman–Crippen MR) is 62.9 cm³/mol. The second kappa shape index (κ2) is 3.22. The summed E-state index contributed by atoms with van der Waals surface area (Å²) in [7, 11) is 0. The molecule has 0 spiro atoms. The highest BCUT2D eigenvalue weighted by molar-refractivity contribution is 7.16. The number of rotatable bonds is 2. The second-order valence-corrected chi connectivity index (χ2v) is 6.62. The third-order valence-corrected chi connectivity index (χ3v) is 4.88. The third kappa shape index (κ3) is 1.71. The van der Waals surface area contributed by atoms with Crippen molar-refractivity contribution >= 4 is 22.9 Å². The molecule has 0 radical (unpaired) electrons. The van der Waals surface area contributed by atoms with Gasteiger partial charge in [0.05, 0.1) is 4.34 Å². The molecule has 1 aliphatic rings. The largest absolute Gasteiger partial charge is 0.323 e. The van der Waals surface area contributed by atoms with Crippen molar-refractivity contribution in [3.8, 4) is 0 Å². The first-order valence-electron chi connectivity index (χ1n) is 4.93. The van der Waals surface area contributed by atoms with Gasteiger partial charge in [-0.3, -0.25) is 0 Å². The lowest BCUT2D eigenvalue weighted by Crippen LogP contribution is -2.13. The van der Waals surface area contributed by atoms with Gasteiger partial charge in [-0.15, -0.1) is 11.3 Å². The van der Waals surface area contributed by atoms with Crippen molar-refractivity contribution in [2.75, 3.05) is 0 Å². The molecule has 14 heavy (non-hydrogen) atoms. The highest BCUT2D eigenvalue weighted by atomic mass is 35.5. The molecule has 1 fully saturated rings. The Bertz CT molecular complexity index is 337. The average molecular weight is 230 g/mol. The Morgan fingerprint density at radius 1 is 1.64 bits per heavy atom. The Morgan fingerprint density at radius 2 is 2.21 bits per heavy atom. The molecule has 1 nitrogen and oxygen atoms in total. The van der Waals surface area contributed by atoms with Crippen molar-refractivity contribution in [3.63, 3.8) is 0 Å². The quantitative estimate of drug-likeness (QED) is 0.821. The summed E-state index contributed by atoms with van der Waals surface area (Å²) in [5, 5.41) is 0. The van der Waals surface area contributed by atoms with Gasteiger partial charge in [0.1, 0.15) is 0 Å². The van der Waals surface area contributed by atoms with E-state index in [4.69, 9.17) is 17.3 Å². The second-order valence-electron chi connectivity index (χ2n) is 4.93. The molecule has 0 amide bonds. The molecule has 2 rings (SSSR count). The number of aryl methyl sites for hydroxylation is 1. The van der Waals surface area contributed by atoms with Crippen molar-refractivity contribution in [2.45, 2.75) is 33.2 Å². The van der Waals surface area contributed by atoms with E-state index in [0.717, 1.165) is 9.90 Å². The first-order valence-corrected chi connectivity index (χ1v) is 6.12.